The van der Waals surface area contributed by atoms with Gasteiger partial charge < -0.3 is 10.4 Å². The Hall–Kier alpha value is -1.59. The number of hydrogen-bond acceptors (Lipinski definition) is 3. The fraction of sp³-hybridized carbons (Fsp3) is 0.467. The minimum Gasteiger partial charge on any atom is -0.481 e. The quantitative estimate of drug-likeness (QED) is 0.837. The van der Waals surface area contributed by atoms with Crippen molar-refractivity contribution in [3.8, 4) is 0 Å². The predicted molar refractivity (Wildman–Crippen MR) is 80.0 cm³/mol. The van der Waals surface area contributed by atoms with Gasteiger partial charge in [0.15, 0.2) is 0 Å². The average Bonchev–Trinajstić information content (AvgIpc) is 2.41. The molecule has 21 heavy (non-hydrogen) atoms. The molecule has 1 aliphatic heterocycles. The van der Waals surface area contributed by atoms with Crippen LogP contribution in [-0.2, 0) is 16.1 Å². The van der Waals surface area contributed by atoms with E-state index in [1.165, 1.54) is 0 Å². The van der Waals surface area contributed by atoms with E-state index in [0.29, 0.717) is 31.2 Å². The van der Waals surface area contributed by atoms with Crippen LogP contribution in [0.25, 0.3) is 0 Å². The molecular formula is C15H19ClN2O3. The molecule has 0 saturated carbocycles. The second-order valence-electron chi connectivity index (χ2n) is 5.48. The normalized spacial score (nSPS) is 17.0. The average molecular weight is 311 g/mol. The zero-order chi connectivity index (χ0) is 15.4. The summed E-state index contributed by atoms with van der Waals surface area (Å²) in [5, 5.41) is 12.4. The van der Waals surface area contributed by atoms with Crippen LogP contribution in [0.2, 0.25) is 5.02 Å². The van der Waals surface area contributed by atoms with Gasteiger partial charge in [0, 0.05) is 24.7 Å². The van der Waals surface area contributed by atoms with E-state index in [1.807, 2.05) is 17.0 Å². The van der Waals surface area contributed by atoms with Crippen LogP contribution in [-0.4, -0.2) is 41.5 Å². The molecule has 0 spiro atoms. The molecule has 1 fully saturated rings. The lowest BCUT2D eigenvalue weighted by atomic mass is 9.87. The number of aliphatic carboxylic acids is 1. The lowest BCUT2D eigenvalue weighted by Crippen LogP contribution is -2.53. The summed E-state index contributed by atoms with van der Waals surface area (Å²) in [6.07, 6.45) is 0. The highest BCUT2D eigenvalue weighted by molar-refractivity contribution is 6.30. The summed E-state index contributed by atoms with van der Waals surface area (Å²) in [7, 11) is 0. The first-order chi connectivity index (χ1) is 9.95. The zero-order valence-corrected chi connectivity index (χ0v) is 12.6. The smallest absolute Gasteiger partial charge is 0.306 e. The molecule has 0 bridgehead atoms. The van der Waals surface area contributed by atoms with Crippen molar-refractivity contribution < 1.29 is 14.7 Å². The minimum absolute atomic E-state index is 0.0496. The fourth-order valence-electron chi connectivity index (χ4n) is 2.32. The van der Waals surface area contributed by atoms with Crippen LogP contribution in [0.15, 0.2) is 24.3 Å². The molecule has 5 nitrogen and oxygen atoms in total. The summed E-state index contributed by atoms with van der Waals surface area (Å²) < 4.78 is 0. The summed E-state index contributed by atoms with van der Waals surface area (Å²) >= 11 is 5.80. The highest BCUT2D eigenvalue weighted by Gasteiger charge is 2.35. The van der Waals surface area contributed by atoms with Crippen molar-refractivity contribution in [3.05, 3.63) is 34.9 Å². The Morgan fingerprint density at radius 3 is 2.57 bits per heavy atom. The van der Waals surface area contributed by atoms with Gasteiger partial charge in [-0.2, -0.15) is 0 Å². The molecule has 1 saturated heterocycles. The zero-order valence-electron chi connectivity index (χ0n) is 11.9. The van der Waals surface area contributed by atoms with Crippen LogP contribution in [0, 0.1) is 11.8 Å². The number of carbonyl (C=O) groups excluding carboxylic acids is 1. The minimum atomic E-state index is -0.771. The summed E-state index contributed by atoms with van der Waals surface area (Å²) in [6, 6.07) is 7.32. The van der Waals surface area contributed by atoms with Gasteiger partial charge in [-0.1, -0.05) is 30.7 Å². The summed E-state index contributed by atoms with van der Waals surface area (Å²) in [5.74, 6) is -1.02. The van der Waals surface area contributed by atoms with E-state index in [0.717, 1.165) is 5.56 Å². The van der Waals surface area contributed by atoms with E-state index in [2.05, 4.69) is 5.32 Å². The molecule has 1 aliphatic rings. The standard InChI is InChI=1S/C15H19ClN2O3/c1-10(15(20)21)12-7-18(8-12)9-14(19)17-6-11-2-4-13(16)5-3-11/h2-5,10,12H,6-9H2,1H3,(H,17,19)(H,20,21). The van der Waals surface area contributed by atoms with Gasteiger partial charge in [0.05, 0.1) is 12.5 Å². The van der Waals surface area contributed by atoms with Crippen molar-refractivity contribution in [3.63, 3.8) is 0 Å². The maximum absolute atomic E-state index is 11.8. The predicted octanol–water partition coefficient (Wildman–Crippen LogP) is 1.61. The molecule has 1 heterocycles. The number of amides is 1. The third-order valence-corrected chi connectivity index (χ3v) is 4.10. The van der Waals surface area contributed by atoms with Gasteiger partial charge >= 0.3 is 5.97 Å². The highest BCUT2D eigenvalue weighted by atomic mass is 35.5. The monoisotopic (exact) mass is 310 g/mol. The maximum atomic E-state index is 11.8. The molecule has 0 aromatic heterocycles. The van der Waals surface area contributed by atoms with Crippen molar-refractivity contribution in [2.24, 2.45) is 11.8 Å². The number of likely N-dealkylation sites (tertiary alicyclic amines) is 1. The van der Waals surface area contributed by atoms with Gasteiger partial charge in [0.2, 0.25) is 5.91 Å². The number of carboxylic acids is 1. The number of nitrogens with zero attached hydrogens (tertiary/aromatic N) is 1. The second kappa shape index (κ2) is 6.91. The van der Waals surface area contributed by atoms with Gasteiger partial charge in [0.25, 0.3) is 0 Å². The van der Waals surface area contributed by atoms with Crippen molar-refractivity contribution in [1.82, 2.24) is 10.2 Å². The third-order valence-electron chi connectivity index (χ3n) is 3.85. The van der Waals surface area contributed by atoms with Crippen LogP contribution >= 0.6 is 11.6 Å². The van der Waals surface area contributed by atoms with E-state index < -0.39 is 5.97 Å². The third kappa shape index (κ3) is 4.44. The molecule has 6 heteroatoms. The maximum Gasteiger partial charge on any atom is 0.306 e. The van der Waals surface area contributed by atoms with E-state index >= 15 is 0 Å². The van der Waals surface area contributed by atoms with Crippen molar-refractivity contribution in [2.45, 2.75) is 13.5 Å². The number of carboxylic acid groups (broad SMARTS) is 1. The van der Waals surface area contributed by atoms with E-state index in [9.17, 15) is 9.59 Å². The number of benzene rings is 1. The lowest BCUT2D eigenvalue weighted by molar-refractivity contribution is -0.145. The first-order valence-corrected chi connectivity index (χ1v) is 7.30. The molecule has 2 rings (SSSR count). The van der Waals surface area contributed by atoms with Crippen molar-refractivity contribution >= 4 is 23.5 Å². The highest BCUT2D eigenvalue weighted by Crippen LogP contribution is 2.23. The molecule has 2 N–H and O–H groups in total. The SMILES string of the molecule is CC(C(=O)O)C1CN(CC(=O)NCc2ccc(Cl)cc2)C1. The molecule has 0 radical (unpaired) electrons. The van der Waals surface area contributed by atoms with Crippen LogP contribution in [0.5, 0.6) is 0 Å². The molecule has 1 aromatic rings. The molecule has 1 atom stereocenters. The Labute approximate surface area is 128 Å². The van der Waals surface area contributed by atoms with Gasteiger partial charge in [-0.25, -0.2) is 0 Å². The second-order valence-corrected chi connectivity index (χ2v) is 5.92. The Kier molecular flexibility index (Phi) is 5.20. The van der Waals surface area contributed by atoms with Crippen LogP contribution < -0.4 is 5.32 Å². The van der Waals surface area contributed by atoms with E-state index in [4.69, 9.17) is 16.7 Å². The molecule has 114 valence electrons. The van der Waals surface area contributed by atoms with Gasteiger partial charge in [-0.05, 0) is 23.6 Å². The van der Waals surface area contributed by atoms with E-state index in [-0.39, 0.29) is 17.7 Å². The molecular weight excluding hydrogens is 292 g/mol. The van der Waals surface area contributed by atoms with Gasteiger partial charge in [-0.15, -0.1) is 0 Å². The number of nitrogens with one attached hydrogen (secondary N) is 1. The topological polar surface area (TPSA) is 69.6 Å². The van der Waals surface area contributed by atoms with E-state index in [1.54, 1.807) is 19.1 Å². The van der Waals surface area contributed by atoms with Crippen LogP contribution in [0.1, 0.15) is 12.5 Å². The van der Waals surface area contributed by atoms with Crippen LogP contribution in [0.3, 0.4) is 0 Å². The first kappa shape index (κ1) is 15.8. The summed E-state index contributed by atoms with van der Waals surface area (Å²) in [5.41, 5.74) is 0.994. The Morgan fingerprint density at radius 1 is 1.38 bits per heavy atom. The Bertz CT molecular complexity index is 512. The number of carbonyl (C=O) groups is 2. The number of rotatable bonds is 6. The molecule has 1 aromatic carbocycles. The Morgan fingerprint density at radius 2 is 2.00 bits per heavy atom. The first-order valence-electron chi connectivity index (χ1n) is 6.92. The largest absolute Gasteiger partial charge is 0.481 e. The van der Waals surface area contributed by atoms with Gasteiger partial charge in [-0.3, -0.25) is 14.5 Å². The van der Waals surface area contributed by atoms with Gasteiger partial charge in [0.1, 0.15) is 0 Å². The number of halogens is 1. The fourth-order valence-corrected chi connectivity index (χ4v) is 2.44. The van der Waals surface area contributed by atoms with Crippen molar-refractivity contribution in [1.29, 1.82) is 0 Å². The summed E-state index contributed by atoms with van der Waals surface area (Å²) in [6.45, 7) is 3.84. The van der Waals surface area contributed by atoms with Crippen molar-refractivity contribution in [2.75, 3.05) is 19.6 Å². The van der Waals surface area contributed by atoms with Crippen LogP contribution in [0.4, 0.5) is 0 Å². The lowest BCUT2D eigenvalue weighted by Gasteiger charge is -2.40. The molecule has 0 aliphatic carbocycles. The summed E-state index contributed by atoms with van der Waals surface area (Å²) in [4.78, 5) is 24.6. The number of hydrogen-bond donors (Lipinski definition) is 2. The molecule has 1 amide bonds. The Balaban J connectivity index is 1.67. The molecule has 1 unspecified atom stereocenters.